The second kappa shape index (κ2) is 6.17. The molecular formula is C14H22N2O3. The molecule has 1 saturated carbocycles. The van der Waals surface area contributed by atoms with Crippen LogP contribution in [-0.2, 0) is 4.79 Å². The molecule has 106 valence electrons. The van der Waals surface area contributed by atoms with Gasteiger partial charge in [0.2, 0.25) is 5.89 Å². The molecule has 19 heavy (non-hydrogen) atoms. The van der Waals surface area contributed by atoms with Crippen LogP contribution in [0.5, 0.6) is 0 Å². The van der Waals surface area contributed by atoms with Crippen molar-refractivity contribution in [2.75, 3.05) is 0 Å². The zero-order valence-electron chi connectivity index (χ0n) is 11.6. The lowest BCUT2D eigenvalue weighted by Crippen LogP contribution is -2.17. The maximum absolute atomic E-state index is 11.0. The molecule has 1 aliphatic carbocycles. The minimum absolute atomic E-state index is 0.246. The first-order valence-electron chi connectivity index (χ1n) is 7.16. The Morgan fingerprint density at radius 3 is 2.47 bits per heavy atom. The number of rotatable bonds is 4. The van der Waals surface area contributed by atoms with E-state index in [1.807, 2.05) is 6.92 Å². The molecule has 1 fully saturated rings. The molecule has 0 spiro atoms. The molecule has 5 heteroatoms. The third-order valence-electron chi connectivity index (χ3n) is 4.21. The van der Waals surface area contributed by atoms with Crippen LogP contribution in [0.3, 0.4) is 0 Å². The summed E-state index contributed by atoms with van der Waals surface area (Å²) in [5.74, 6) is 0.0106. The van der Waals surface area contributed by atoms with Crippen molar-refractivity contribution in [2.24, 2.45) is 5.92 Å². The Labute approximate surface area is 113 Å². The largest absolute Gasteiger partial charge is 0.481 e. The van der Waals surface area contributed by atoms with Gasteiger partial charge in [0.15, 0.2) is 5.82 Å². The molecule has 0 saturated heterocycles. The number of nitrogens with zero attached hydrogens (tertiary/aromatic N) is 2. The number of hydrogen-bond acceptors (Lipinski definition) is 4. The van der Waals surface area contributed by atoms with Crippen molar-refractivity contribution < 1.29 is 14.4 Å². The van der Waals surface area contributed by atoms with Crippen LogP contribution < -0.4 is 0 Å². The van der Waals surface area contributed by atoms with Gasteiger partial charge in [0.25, 0.3) is 0 Å². The van der Waals surface area contributed by atoms with Crippen LogP contribution in [0, 0.1) is 5.92 Å². The lowest BCUT2D eigenvalue weighted by atomic mass is 9.96. The lowest BCUT2D eigenvalue weighted by Gasteiger charge is -2.11. The maximum Gasteiger partial charge on any atom is 0.307 e. The first-order valence-corrected chi connectivity index (χ1v) is 7.16. The van der Waals surface area contributed by atoms with Crippen molar-refractivity contribution in [2.45, 2.75) is 64.2 Å². The molecule has 2 atom stereocenters. The Morgan fingerprint density at radius 2 is 1.89 bits per heavy atom. The first-order chi connectivity index (χ1) is 9.09. The van der Waals surface area contributed by atoms with E-state index in [0.29, 0.717) is 11.8 Å². The molecule has 1 aliphatic rings. The van der Waals surface area contributed by atoms with E-state index in [1.165, 1.54) is 25.7 Å². The van der Waals surface area contributed by atoms with E-state index in [2.05, 4.69) is 10.1 Å². The summed E-state index contributed by atoms with van der Waals surface area (Å²) in [5, 5.41) is 13.1. The molecule has 1 heterocycles. The molecule has 0 aliphatic heterocycles. The van der Waals surface area contributed by atoms with Gasteiger partial charge in [0, 0.05) is 11.8 Å². The van der Waals surface area contributed by atoms with E-state index in [-0.39, 0.29) is 5.92 Å². The first kappa shape index (κ1) is 14.0. The van der Waals surface area contributed by atoms with E-state index in [1.54, 1.807) is 6.92 Å². The Hall–Kier alpha value is -1.39. The minimum atomic E-state index is -0.832. The average molecular weight is 266 g/mol. The quantitative estimate of drug-likeness (QED) is 0.846. The highest BCUT2D eigenvalue weighted by molar-refractivity contribution is 5.70. The standard InChI is InChI=1S/C14H22N2O3/c1-9(10(2)14(17)18)13-15-12(16-19-13)11-7-5-3-4-6-8-11/h9-11H,3-8H2,1-2H3,(H,17,18). The van der Waals surface area contributed by atoms with Gasteiger partial charge in [-0.05, 0) is 12.8 Å². The summed E-state index contributed by atoms with van der Waals surface area (Å²) in [4.78, 5) is 15.4. The number of carboxylic acids is 1. The number of carbonyl (C=O) groups is 1. The predicted molar refractivity (Wildman–Crippen MR) is 70.0 cm³/mol. The van der Waals surface area contributed by atoms with Crippen LogP contribution in [0.2, 0.25) is 0 Å². The highest BCUT2D eigenvalue weighted by Gasteiger charge is 2.27. The van der Waals surface area contributed by atoms with E-state index in [0.717, 1.165) is 18.7 Å². The van der Waals surface area contributed by atoms with Crippen LogP contribution in [0.25, 0.3) is 0 Å². The highest BCUT2D eigenvalue weighted by atomic mass is 16.5. The summed E-state index contributed by atoms with van der Waals surface area (Å²) in [7, 11) is 0. The molecule has 0 bridgehead atoms. The molecule has 2 rings (SSSR count). The van der Waals surface area contributed by atoms with Crippen molar-refractivity contribution in [1.82, 2.24) is 10.1 Å². The Kier molecular flexibility index (Phi) is 4.56. The summed E-state index contributed by atoms with van der Waals surface area (Å²) in [6, 6.07) is 0. The molecule has 1 N–H and O–H groups in total. The van der Waals surface area contributed by atoms with Crippen LogP contribution in [0.15, 0.2) is 4.52 Å². The Balaban J connectivity index is 2.07. The summed E-state index contributed by atoms with van der Waals surface area (Å²) < 4.78 is 5.27. The Morgan fingerprint density at radius 1 is 1.26 bits per heavy atom. The molecule has 2 unspecified atom stereocenters. The van der Waals surface area contributed by atoms with E-state index < -0.39 is 11.9 Å². The summed E-state index contributed by atoms with van der Waals surface area (Å²) >= 11 is 0. The topological polar surface area (TPSA) is 76.2 Å². The third kappa shape index (κ3) is 3.33. The van der Waals surface area contributed by atoms with Crippen molar-refractivity contribution in [3.8, 4) is 0 Å². The SMILES string of the molecule is CC(C(=O)O)C(C)c1nc(C2CCCCCC2)no1. The Bertz CT molecular complexity index is 422. The van der Waals surface area contributed by atoms with Crippen molar-refractivity contribution in [3.05, 3.63) is 11.7 Å². The van der Waals surface area contributed by atoms with E-state index >= 15 is 0 Å². The van der Waals surface area contributed by atoms with Crippen molar-refractivity contribution in [3.63, 3.8) is 0 Å². The van der Waals surface area contributed by atoms with Gasteiger partial charge in [-0.25, -0.2) is 0 Å². The molecule has 0 aromatic carbocycles. The molecule has 1 aromatic heterocycles. The zero-order valence-corrected chi connectivity index (χ0v) is 11.6. The monoisotopic (exact) mass is 266 g/mol. The highest BCUT2D eigenvalue weighted by Crippen LogP contribution is 2.31. The third-order valence-corrected chi connectivity index (χ3v) is 4.21. The molecule has 0 radical (unpaired) electrons. The van der Waals surface area contributed by atoms with Gasteiger partial charge in [-0.2, -0.15) is 4.98 Å². The van der Waals surface area contributed by atoms with Gasteiger partial charge in [0.1, 0.15) is 0 Å². The smallest absolute Gasteiger partial charge is 0.307 e. The van der Waals surface area contributed by atoms with Gasteiger partial charge in [0.05, 0.1) is 5.92 Å². The molecule has 0 amide bonds. The molecule has 1 aromatic rings. The van der Waals surface area contributed by atoms with E-state index in [9.17, 15) is 4.79 Å². The average Bonchev–Trinajstić information content (AvgIpc) is 2.72. The van der Waals surface area contributed by atoms with Crippen molar-refractivity contribution in [1.29, 1.82) is 0 Å². The zero-order chi connectivity index (χ0) is 13.8. The van der Waals surface area contributed by atoms with Crippen LogP contribution in [-0.4, -0.2) is 21.2 Å². The van der Waals surface area contributed by atoms with Gasteiger partial charge >= 0.3 is 5.97 Å². The van der Waals surface area contributed by atoms with E-state index in [4.69, 9.17) is 9.63 Å². The van der Waals surface area contributed by atoms with Gasteiger partial charge in [-0.15, -0.1) is 0 Å². The van der Waals surface area contributed by atoms with Crippen LogP contribution in [0.4, 0.5) is 0 Å². The normalized spacial score (nSPS) is 20.7. The second-order valence-corrected chi connectivity index (χ2v) is 5.59. The van der Waals surface area contributed by atoms with Crippen molar-refractivity contribution >= 4 is 5.97 Å². The van der Waals surface area contributed by atoms with Gasteiger partial charge in [-0.1, -0.05) is 44.7 Å². The van der Waals surface area contributed by atoms with Gasteiger partial charge < -0.3 is 9.63 Å². The fourth-order valence-corrected chi connectivity index (χ4v) is 2.56. The van der Waals surface area contributed by atoms with Gasteiger partial charge in [-0.3, -0.25) is 4.79 Å². The summed E-state index contributed by atoms with van der Waals surface area (Å²) in [5.41, 5.74) is 0. The summed E-state index contributed by atoms with van der Waals surface area (Å²) in [6.45, 7) is 3.49. The number of aromatic nitrogens is 2. The number of hydrogen-bond donors (Lipinski definition) is 1. The van der Waals surface area contributed by atoms with Crippen LogP contribution >= 0.6 is 0 Å². The minimum Gasteiger partial charge on any atom is -0.481 e. The number of aliphatic carboxylic acids is 1. The molecular weight excluding hydrogens is 244 g/mol. The fourth-order valence-electron chi connectivity index (χ4n) is 2.56. The fraction of sp³-hybridized carbons (Fsp3) is 0.786. The van der Waals surface area contributed by atoms with Crippen LogP contribution in [0.1, 0.15) is 75.9 Å². The summed E-state index contributed by atoms with van der Waals surface area (Å²) in [6.07, 6.45) is 7.23. The maximum atomic E-state index is 11.0. The second-order valence-electron chi connectivity index (χ2n) is 5.59. The lowest BCUT2D eigenvalue weighted by molar-refractivity contribution is -0.141. The number of carboxylic acid groups (broad SMARTS) is 1. The molecule has 5 nitrogen and oxygen atoms in total. The predicted octanol–water partition coefficient (Wildman–Crippen LogP) is 3.33.